The molecule has 0 unspecified atom stereocenters. The fraction of sp³-hybridized carbons (Fsp3) is 0.935. The lowest BCUT2D eigenvalue weighted by Crippen LogP contribution is -2.28. The van der Waals surface area contributed by atoms with E-state index in [1.165, 1.54) is 109 Å². The normalized spacial score (nSPS) is 11.5. The summed E-state index contributed by atoms with van der Waals surface area (Å²) in [5.41, 5.74) is 5.40. The lowest BCUT2D eigenvalue weighted by atomic mass is 10.0. The highest BCUT2D eigenvalue weighted by atomic mass is 16.5. The van der Waals surface area contributed by atoms with Crippen molar-refractivity contribution in [3.05, 3.63) is 0 Å². The largest absolute Gasteiger partial charge is 0.466 e. The number of rotatable bonds is 43. The molecule has 0 heterocycles. The van der Waals surface area contributed by atoms with E-state index in [0.717, 1.165) is 116 Å². The second-order valence-corrected chi connectivity index (χ2v) is 16.0. The summed E-state index contributed by atoms with van der Waals surface area (Å²) in [5, 5.41) is 0. The van der Waals surface area contributed by atoms with Crippen molar-refractivity contribution in [2.45, 2.75) is 252 Å². The molecule has 0 aliphatic carbocycles. The average Bonchev–Trinajstić information content (AvgIpc) is 3.14. The average molecular weight is 751 g/mol. The molecule has 0 aliphatic rings. The molecule has 0 radical (unpaired) electrons. The van der Waals surface area contributed by atoms with Crippen LogP contribution in [0.4, 0.5) is 0 Å². The van der Waals surface area contributed by atoms with E-state index in [2.05, 4.69) is 25.7 Å². The third-order valence-corrected chi connectivity index (χ3v) is 10.7. The molecule has 0 aliphatic heterocycles. The maximum absolute atomic E-state index is 12.7. The topological polar surface area (TPSA) is 98.9 Å². The highest BCUT2D eigenvalue weighted by Crippen LogP contribution is 2.19. The van der Waals surface area contributed by atoms with Crippen LogP contribution in [0.15, 0.2) is 0 Å². The molecule has 2 N–H and O–H groups in total. The zero-order chi connectivity index (χ0) is 38.9. The lowest BCUT2D eigenvalue weighted by molar-refractivity contribution is -0.150. The van der Waals surface area contributed by atoms with Gasteiger partial charge in [0.05, 0.1) is 6.61 Å². The van der Waals surface area contributed by atoms with Crippen LogP contribution in [0.1, 0.15) is 245 Å². The predicted octanol–water partition coefficient (Wildman–Crippen LogP) is 12.9. The molecule has 0 aromatic carbocycles. The molecule has 0 fully saturated rings. The summed E-state index contributed by atoms with van der Waals surface area (Å²) in [6.45, 7) is 10.3. The summed E-state index contributed by atoms with van der Waals surface area (Å²) < 4.78 is 11.5. The van der Waals surface area contributed by atoms with E-state index in [0.29, 0.717) is 25.9 Å². The quantitative estimate of drug-likeness (QED) is 0.0492. The van der Waals surface area contributed by atoms with Crippen molar-refractivity contribution in [3.8, 4) is 0 Å². The molecule has 0 bridgehead atoms. The first-order valence-corrected chi connectivity index (χ1v) is 23.3. The number of hydrogen-bond acceptors (Lipinski definition) is 6. The van der Waals surface area contributed by atoms with Crippen LogP contribution in [0.3, 0.4) is 0 Å². The van der Waals surface area contributed by atoms with Gasteiger partial charge in [-0.1, -0.05) is 162 Å². The molecule has 0 saturated carbocycles. The number of nitrogens with two attached hydrogens (primary N) is 1. The van der Waals surface area contributed by atoms with Gasteiger partial charge in [-0.25, -0.2) is 0 Å². The van der Waals surface area contributed by atoms with Crippen LogP contribution < -0.4 is 5.73 Å². The fourth-order valence-corrected chi connectivity index (χ4v) is 7.21. The van der Waals surface area contributed by atoms with Crippen LogP contribution in [-0.4, -0.2) is 55.1 Å². The number of carbonyl (C=O) groups excluding carboxylic acids is 3. The van der Waals surface area contributed by atoms with Crippen molar-refractivity contribution in [1.82, 2.24) is 4.90 Å². The highest BCUT2D eigenvalue weighted by molar-refractivity contribution is 5.73. The Balaban J connectivity index is 4.17. The molecule has 0 atom stereocenters. The van der Waals surface area contributed by atoms with E-state index in [1.54, 1.807) is 0 Å². The van der Waals surface area contributed by atoms with Crippen LogP contribution in [0, 0.1) is 0 Å². The summed E-state index contributed by atoms with van der Waals surface area (Å²) in [6, 6.07) is 0. The second kappa shape index (κ2) is 41.5. The van der Waals surface area contributed by atoms with Gasteiger partial charge in [-0.05, 0) is 83.8 Å². The fourth-order valence-electron chi connectivity index (χ4n) is 7.21. The van der Waals surface area contributed by atoms with E-state index in [4.69, 9.17) is 15.2 Å². The van der Waals surface area contributed by atoms with Gasteiger partial charge in [0.25, 0.3) is 0 Å². The van der Waals surface area contributed by atoms with Gasteiger partial charge in [0.1, 0.15) is 6.10 Å². The molecule has 314 valence electrons. The number of nitrogens with zero attached hydrogens (tertiary/aromatic N) is 1. The number of primary amides is 1. The van der Waals surface area contributed by atoms with Crippen LogP contribution in [-0.2, 0) is 23.9 Å². The second-order valence-electron chi connectivity index (χ2n) is 16.0. The van der Waals surface area contributed by atoms with Crippen LogP contribution in [0.5, 0.6) is 0 Å². The van der Waals surface area contributed by atoms with E-state index < -0.39 is 0 Å². The Morgan fingerprint density at radius 1 is 0.434 bits per heavy atom. The summed E-state index contributed by atoms with van der Waals surface area (Å²) in [6.07, 6.45) is 39.3. The molecule has 0 aromatic heterocycles. The van der Waals surface area contributed by atoms with Gasteiger partial charge < -0.3 is 20.1 Å². The molecule has 0 spiro atoms. The Bertz CT molecular complexity index is 791. The standard InChI is InChI=1S/C46H90N2O5/c1-4-7-10-13-16-25-32-42-52-45(50)37-28-21-17-23-30-39-48(41-33-36-44(47)49)40-31-24-18-22-29-38-46(51)53-43(34-26-19-14-11-8-5-2)35-27-20-15-12-9-6-3/h43H,4-42H2,1-3H3,(H2,47,49). The number of hydrogen-bond donors (Lipinski definition) is 1. The third-order valence-electron chi connectivity index (χ3n) is 10.7. The third kappa shape index (κ3) is 39.9. The van der Waals surface area contributed by atoms with Crippen molar-refractivity contribution in [3.63, 3.8) is 0 Å². The molecule has 0 aromatic rings. The molecule has 7 nitrogen and oxygen atoms in total. The molecule has 7 heteroatoms. The highest BCUT2D eigenvalue weighted by Gasteiger charge is 2.14. The van der Waals surface area contributed by atoms with Crippen LogP contribution in [0.2, 0.25) is 0 Å². The molecule has 0 rings (SSSR count). The van der Waals surface area contributed by atoms with Crippen molar-refractivity contribution in [2.75, 3.05) is 26.2 Å². The number of unbranched alkanes of at least 4 members (excludes halogenated alkanes) is 24. The number of carbonyl (C=O) groups is 3. The van der Waals surface area contributed by atoms with Gasteiger partial charge >= 0.3 is 11.9 Å². The Morgan fingerprint density at radius 3 is 1.28 bits per heavy atom. The SMILES string of the molecule is CCCCCCCCCOC(=O)CCCCCCCN(CCCCCCCC(=O)OC(CCCCCCCC)CCCCCCCC)CCCC(N)=O. The summed E-state index contributed by atoms with van der Waals surface area (Å²) in [4.78, 5) is 38.6. The first-order chi connectivity index (χ1) is 25.9. The number of ether oxygens (including phenoxy) is 2. The minimum Gasteiger partial charge on any atom is -0.466 e. The smallest absolute Gasteiger partial charge is 0.306 e. The van der Waals surface area contributed by atoms with Gasteiger partial charge in [-0.2, -0.15) is 0 Å². The molecule has 53 heavy (non-hydrogen) atoms. The van der Waals surface area contributed by atoms with Crippen molar-refractivity contribution in [1.29, 1.82) is 0 Å². The Morgan fingerprint density at radius 2 is 0.811 bits per heavy atom. The first-order valence-electron chi connectivity index (χ1n) is 23.3. The predicted molar refractivity (Wildman–Crippen MR) is 225 cm³/mol. The molecular weight excluding hydrogens is 661 g/mol. The van der Waals surface area contributed by atoms with Gasteiger partial charge in [0.2, 0.25) is 5.91 Å². The van der Waals surface area contributed by atoms with Crippen molar-refractivity contribution in [2.24, 2.45) is 5.73 Å². The van der Waals surface area contributed by atoms with Crippen molar-refractivity contribution >= 4 is 17.8 Å². The Kier molecular flexibility index (Phi) is 40.3. The summed E-state index contributed by atoms with van der Waals surface area (Å²) >= 11 is 0. The number of esters is 2. The summed E-state index contributed by atoms with van der Waals surface area (Å²) in [7, 11) is 0. The van der Waals surface area contributed by atoms with E-state index in [1.807, 2.05) is 0 Å². The number of amides is 1. The first kappa shape index (κ1) is 51.4. The van der Waals surface area contributed by atoms with Crippen LogP contribution in [0.25, 0.3) is 0 Å². The van der Waals surface area contributed by atoms with Crippen molar-refractivity contribution < 1.29 is 23.9 Å². The minimum absolute atomic E-state index is 0.00586. The van der Waals surface area contributed by atoms with E-state index >= 15 is 0 Å². The summed E-state index contributed by atoms with van der Waals surface area (Å²) in [5.74, 6) is -0.255. The van der Waals surface area contributed by atoms with Gasteiger partial charge in [0.15, 0.2) is 0 Å². The Labute approximate surface area is 329 Å². The lowest BCUT2D eigenvalue weighted by Gasteiger charge is -2.22. The molecular formula is C46H90N2O5. The zero-order valence-electron chi connectivity index (χ0n) is 35.7. The van der Waals surface area contributed by atoms with E-state index in [9.17, 15) is 14.4 Å². The van der Waals surface area contributed by atoms with Gasteiger partial charge in [-0.15, -0.1) is 0 Å². The maximum Gasteiger partial charge on any atom is 0.306 e. The zero-order valence-corrected chi connectivity index (χ0v) is 35.7. The van der Waals surface area contributed by atoms with Gasteiger partial charge in [0, 0.05) is 19.3 Å². The monoisotopic (exact) mass is 751 g/mol. The molecule has 1 amide bonds. The maximum atomic E-state index is 12.7. The van der Waals surface area contributed by atoms with Crippen LogP contribution >= 0.6 is 0 Å². The molecule has 0 saturated heterocycles. The minimum atomic E-state index is -0.222. The van der Waals surface area contributed by atoms with E-state index in [-0.39, 0.29) is 23.9 Å². The van der Waals surface area contributed by atoms with Gasteiger partial charge in [-0.3, -0.25) is 14.4 Å². The Hall–Kier alpha value is -1.63.